The van der Waals surface area contributed by atoms with Crippen LogP contribution in [0.3, 0.4) is 0 Å². The summed E-state index contributed by atoms with van der Waals surface area (Å²) in [6.07, 6.45) is 18.2. The van der Waals surface area contributed by atoms with E-state index in [0.717, 1.165) is 47.8 Å². The van der Waals surface area contributed by atoms with E-state index in [1.165, 1.54) is 60.8 Å². The first-order valence-electron chi connectivity index (χ1n) is 12.9. The van der Waals surface area contributed by atoms with Crippen LogP contribution in [0.25, 0.3) is 10.9 Å². The molecule has 2 N–H and O–H groups in total. The van der Waals surface area contributed by atoms with Crippen LogP contribution in [0.2, 0.25) is 0 Å². The van der Waals surface area contributed by atoms with Gasteiger partial charge in [-0.25, -0.2) is 4.98 Å². The Morgan fingerprint density at radius 1 is 1.03 bits per heavy atom. The lowest BCUT2D eigenvalue weighted by Gasteiger charge is -2.16. The summed E-state index contributed by atoms with van der Waals surface area (Å²) < 4.78 is 0. The molecule has 0 aliphatic rings. The summed E-state index contributed by atoms with van der Waals surface area (Å²) in [4.78, 5) is 11.1. The highest BCUT2D eigenvalue weighted by molar-refractivity contribution is 7.99. The predicted octanol–water partition coefficient (Wildman–Crippen LogP) is 7.66. The lowest BCUT2D eigenvalue weighted by molar-refractivity contribution is 0.552. The molecular weight excluding hydrogens is 458 g/mol. The van der Waals surface area contributed by atoms with Crippen molar-refractivity contribution in [3.05, 3.63) is 42.4 Å². The van der Waals surface area contributed by atoms with Gasteiger partial charge in [-0.1, -0.05) is 81.9 Å². The summed E-state index contributed by atoms with van der Waals surface area (Å²) in [5.41, 5.74) is 2.40. The lowest BCUT2D eigenvalue weighted by Crippen LogP contribution is -2.31. The van der Waals surface area contributed by atoms with Gasteiger partial charge in [0.1, 0.15) is 6.33 Å². The van der Waals surface area contributed by atoms with E-state index in [0.29, 0.717) is 6.04 Å². The molecule has 1 atom stereocenters. The van der Waals surface area contributed by atoms with Gasteiger partial charge in [0.15, 0.2) is 5.16 Å². The largest absolute Gasteiger partial charge is 0.377 e. The van der Waals surface area contributed by atoms with Crippen LogP contribution < -0.4 is 5.32 Å². The van der Waals surface area contributed by atoms with Gasteiger partial charge in [0.25, 0.3) is 0 Å². The minimum absolute atomic E-state index is 0.425. The van der Waals surface area contributed by atoms with Crippen LogP contribution in [0.4, 0.5) is 0 Å². The van der Waals surface area contributed by atoms with Crippen LogP contribution in [0, 0.1) is 0 Å². The van der Waals surface area contributed by atoms with E-state index in [1.54, 1.807) is 18.1 Å². The molecule has 0 saturated heterocycles. The van der Waals surface area contributed by atoms with Crippen LogP contribution in [0.5, 0.6) is 0 Å². The van der Waals surface area contributed by atoms with Gasteiger partial charge >= 0.3 is 0 Å². The molecule has 0 fully saturated rings. The Bertz CT molecular complexity index is 990. The van der Waals surface area contributed by atoms with Crippen molar-refractivity contribution in [2.75, 3.05) is 0 Å². The number of hydrogen-bond acceptors (Lipinski definition) is 5. The number of H-pyrrole nitrogens is 1. The van der Waals surface area contributed by atoms with Crippen LogP contribution in [0.1, 0.15) is 90.0 Å². The number of hydrogen-bond donors (Lipinski definition) is 2. The zero-order valence-corrected chi connectivity index (χ0v) is 22.3. The molecule has 0 amide bonds. The van der Waals surface area contributed by atoms with Crippen LogP contribution >= 0.6 is 24.0 Å². The van der Waals surface area contributed by atoms with Crippen LogP contribution in [0.15, 0.2) is 46.8 Å². The number of fused-ring (bicyclic) bond motifs is 1. The topological polar surface area (TPSA) is 66.5 Å². The molecule has 3 rings (SSSR count). The smallest absolute Gasteiger partial charge is 0.188 e. The van der Waals surface area contributed by atoms with E-state index in [1.807, 2.05) is 12.3 Å². The molecule has 184 valence electrons. The molecule has 0 saturated carbocycles. The molecule has 0 spiro atoms. The van der Waals surface area contributed by atoms with Crippen LogP contribution in [-0.2, 0) is 6.42 Å². The molecule has 0 radical (unpaired) electrons. The van der Waals surface area contributed by atoms with Gasteiger partial charge in [-0.3, -0.25) is 10.1 Å². The molecule has 1 unspecified atom stereocenters. The molecule has 0 aliphatic heterocycles. The maximum absolute atomic E-state index is 5.60. The summed E-state index contributed by atoms with van der Waals surface area (Å²) in [5, 5.41) is 12.5. The number of rotatable bonds is 16. The van der Waals surface area contributed by atoms with Gasteiger partial charge in [-0.05, 0) is 62.8 Å². The highest BCUT2D eigenvalue weighted by Crippen LogP contribution is 2.33. The average molecular weight is 498 g/mol. The van der Waals surface area contributed by atoms with E-state index < -0.39 is 0 Å². The Hall–Kier alpha value is -1.99. The maximum Gasteiger partial charge on any atom is 0.188 e. The monoisotopic (exact) mass is 497 g/mol. The van der Waals surface area contributed by atoms with E-state index in [9.17, 15) is 0 Å². The van der Waals surface area contributed by atoms with Crippen molar-refractivity contribution in [1.82, 2.24) is 25.5 Å². The van der Waals surface area contributed by atoms with Gasteiger partial charge in [0.2, 0.25) is 0 Å². The first kappa shape index (κ1) is 26.6. The Balaban J connectivity index is 1.41. The summed E-state index contributed by atoms with van der Waals surface area (Å²) in [6.45, 7) is 4.52. The second kappa shape index (κ2) is 15.1. The number of aromatic amines is 1. The second-order valence-corrected chi connectivity index (χ2v) is 10.6. The fraction of sp³-hybridized carbons (Fsp3) is 0.556. The van der Waals surface area contributed by atoms with Crippen molar-refractivity contribution in [2.45, 2.75) is 107 Å². The van der Waals surface area contributed by atoms with E-state index in [4.69, 9.17) is 12.2 Å². The quantitative estimate of drug-likeness (QED) is 0.156. The van der Waals surface area contributed by atoms with Gasteiger partial charge in [-0.15, -0.1) is 0 Å². The third kappa shape index (κ3) is 8.99. The Morgan fingerprint density at radius 2 is 1.85 bits per heavy atom. The van der Waals surface area contributed by atoms with E-state index in [-0.39, 0.29) is 0 Å². The summed E-state index contributed by atoms with van der Waals surface area (Å²) >= 11 is 7.23. The number of nitrogens with one attached hydrogen (secondary N) is 2. The van der Waals surface area contributed by atoms with Crippen LogP contribution in [-0.4, -0.2) is 31.2 Å². The van der Waals surface area contributed by atoms with Crippen molar-refractivity contribution >= 4 is 39.9 Å². The highest BCUT2D eigenvalue weighted by atomic mass is 32.2. The normalized spacial score (nSPS) is 12.2. The van der Waals surface area contributed by atoms with Crippen molar-refractivity contribution in [3.8, 4) is 0 Å². The first-order chi connectivity index (χ1) is 16.7. The summed E-state index contributed by atoms with van der Waals surface area (Å²) in [6, 6.07) is 8.87. The fourth-order valence-electron chi connectivity index (χ4n) is 4.31. The molecule has 3 aromatic rings. The predicted molar refractivity (Wildman–Crippen MR) is 148 cm³/mol. The molecule has 2 heterocycles. The van der Waals surface area contributed by atoms with E-state index >= 15 is 0 Å². The molecule has 1 aromatic carbocycles. The number of aromatic nitrogens is 4. The number of nitrogens with zero attached hydrogens (tertiary/aromatic N) is 3. The maximum atomic E-state index is 5.60. The minimum Gasteiger partial charge on any atom is -0.377 e. The van der Waals surface area contributed by atoms with Crippen molar-refractivity contribution in [1.29, 1.82) is 0 Å². The Kier molecular flexibility index (Phi) is 11.8. The number of thiocarbonyl (C=S) groups is 1. The fourth-order valence-corrected chi connectivity index (χ4v) is 5.53. The molecule has 7 heteroatoms. The Labute approximate surface area is 214 Å². The van der Waals surface area contributed by atoms with E-state index in [2.05, 4.69) is 57.5 Å². The summed E-state index contributed by atoms with van der Waals surface area (Å²) in [7, 11) is 0. The zero-order valence-electron chi connectivity index (χ0n) is 20.7. The minimum atomic E-state index is 0.425. The standard InChI is InChI=1S/C27H39N5S2/c1-3-4-5-6-7-8-9-16-26(33)31-21(2)13-10-11-14-23-22-15-12-19-28-24(22)17-18-25(23)34-27-29-20-30-32-27/h12,15,17-21H,3-11,13-14,16H2,1-2H3,(H,31,33)(H,29,30,32). The van der Waals surface area contributed by atoms with Gasteiger partial charge in [0, 0.05) is 22.5 Å². The second-order valence-electron chi connectivity index (χ2n) is 9.09. The highest BCUT2D eigenvalue weighted by Gasteiger charge is 2.12. The number of aryl methyl sites for hydroxylation is 1. The third-order valence-corrected chi connectivity index (χ3v) is 7.50. The molecule has 2 aromatic heterocycles. The first-order valence-corrected chi connectivity index (χ1v) is 14.1. The average Bonchev–Trinajstić information content (AvgIpc) is 3.35. The Morgan fingerprint density at radius 3 is 2.65 bits per heavy atom. The molecule has 5 nitrogen and oxygen atoms in total. The number of unbranched alkanes of at least 4 members (excludes halogenated alkanes) is 7. The van der Waals surface area contributed by atoms with Gasteiger partial charge < -0.3 is 5.32 Å². The molecule has 34 heavy (non-hydrogen) atoms. The van der Waals surface area contributed by atoms with Crippen molar-refractivity contribution in [3.63, 3.8) is 0 Å². The zero-order chi connectivity index (χ0) is 24.0. The molecule has 0 aliphatic carbocycles. The van der Waals surface area contributed by atoms with Gasteiger partial charge in [-0.2, -0.15) is 5.10 Å². The number of benzene rings is 1. The third-order valence-electron chi connectivity index (χ3n) is 6.18. The van der Waals surface area contributed by atoms with Crippen molar-refractivity contribution < 1.29 is 0 Å². The SMILES string of the molecule is CCCCCCCCCC(=S)NC(C)CCCCc1c(Sc2ncn[nH]2)ccc2ncccc12. The molecular formula is C27H39N5S2. The molecule has 0 bridgehead atoms. The lowest BCUT2D eigenvalue weighted by atomic mass is 10.0. The number of pyridine rings is 1. The van der Waals surface area contributed by atoms with Crippen molar-refractivity contribution in [2.24, 2.45) is 0 Å². The van der Waals surface area contributed by atoms with Gasteiger partial charge in [0.05, 0.1) is 10.5 Å². The summed E-state index contributed by atoms with van der Waals surface area (Å²) in [5.74, 6) is 0.